The van der Waals surface area contributed by atoms with Crippen molar-refractivity contribution in [2.45, 2.75) is 32.7 Å². The van der Waals surface area contributed by atoms with Crippen LogP contribution in [0.15, 0.2) is 18.2 Å². The molecule has 1 N–H and O–H groups in total. The van der Waals surface area contributed by atoms with E-state index in [1.165, 1.54) is 12.1 Å². The number of imide groups is 2. The lowest BCUT2D eigenvalue weighted by Crippen LogP contribution is -2.42. The van der Waals surface area contributed by atoms with Gasteiger partial charge >= 0.3 is 17.8 Å². The van der Waals surface area contributed by atoms with Crippen molar-refractivity contribution in [3.8, 4) is 11.5 Å². The predicted molar refractivity (Wildman–Crippen MR) is 94.5 cm³/mol. The Kier molecular flexibility index (Phi) is 5.29. The molecule has 1 saturated carbocycles. The summed E-state index contributed by atoms with van der Waals surface area (Å²) < 4.78 is 10.9. The molecule has 0 aromatic heterocycles. The summed E-state index contributed by atoms with van der Waals surface area (Å²) in [5, 5.41) is 2.69. The number of nitrogens with zero attached hydrogens (tertiary/aromatic N) is 2. The largest absolute Gasteiger partial charge is 0.490 e. The van der Waals surface area contributed by atoms with Gasteiger partial charge < -0.3 is 14.8 Å². The SMILES string of the molecule is CCOc1ccc(N2C(=O)C(=O)N(CC(=O)NC3CC3)C2=O)cc1OCC. The fourth-order valence-electron chi connectivity index (χ4n) is 2.70. The number of rotatable bonds is 8. The average molecular weight is 375 g/mol. The zero-order chi connectivity index (χ0) is 19.6. The standard InChI is InChI=1S/C18H21N3O6/c1-3-26-13-8-7-12(9-14(13)27-4-2)21-17(24)16(23)20(18(21)25)10-15(22)19-11-5-6-11/h7-9,11H,3-6,10H2,1-2H3,(H,19,22). The van der Waals surface area contributed by atoms with E-state index in [9.17, 15) is 19.2 Å². The highest BCUT2D eigenvalue weighted by Gasteiger charge is 2.46. The van der Waals surface area contributed by atoms with Gasteiger partial charge in [0, 0.05) is 12.1 Å². The first-order valence-electron chi connectivity index (χ1n) is 8.85. The Hall–Kier alpha value is -3.10. The molecule has 2 fully saturated rings. The number of amides is 5. The first-order chi connectivity index (χ1) is 13.0. The zero-order valence-corrected chi connectivity index (χ0v) is 15.2. The normalized spacial score (nSPS) is 16.7. The van der Waals surface area contributed by atoms with Crippen molar-refractivity contribution >= 4 is 29.4 Å². The fraction of sp³-hybridized carbons (Fsp3) is 0.444. The minimum absolute atomic E-state index is 0.0944. The Morgan fingerprint density at radius 3 is 2.37 bits per heavy atom. The van der Waals surface area contributed by atoms with Crippen molar-refractivity contribution in [3.05, 3.63) is 18.2 Å². The maximum Gasteiger partial charge on any atom is 0.339 e. The van der Waals surface area contributed by atoms with E-state index in [0.29, 0.717) is 29.6 Å². The van der Waals surface area contributed by atoms with Crippen LogP contribution in [0.25, 0.3) is 0 Å². The van der Waals surface area contributed by atoms with Crippen LogP contribution in [-0.2, 0) is 14.4 Å². The van der Waals surface area contributed by atoms with E-state index in [0.717, 1.165) is 17.7 Å². The molecule has 3 rings (SSSR count). The van der Waals surface area contributed by atoms with Gasteiger partial charge in [-0.15, -0.1) is 0 Å². The van der Waals surface area contributed by atoms with Gasteiger partial charge in [0.05, 0.1) is 18.9 Å². The highest BCUT2D eigenvalue weighted by molar-refractivity contribution is 6.53. The van der Waals surface area contributed by atoms with Crippen LogP contribution in [0.4, 0.5) is 10.5 Å². The van der Waals surface area contributed by atoms with Crippen molar-refractivity contribution in [2.24, 2.45) is 0 Å². The van der Waals surface area contributed by atoms with Gasteiger partial charge in [-0.3, -0.25) is 14.4 Å². The van der Waals surface area contributed by atoms with Crippen LogP contribution >= 0.6 is 0 Å². The number of carbonyl (C=O) groups excluding carboxylic acids is 4. The summed E-state index contributed by atoms with van der Waals surface area (Å²) in [6.07, 6.45) is 1.76. The van der Waals surface area contributed by atoms with Gasteiger partial charge in [0.15, 0.2) is 11.5 Å². The smallest absolute Gasteiger partial charge is 0.339 e. The Morgan fingerprint density at radius 2 is 1.74 bits per heavy atom. The molecule has 0 bridgehead atoms. The predicted octanol–water partition coefficient (Wildman–Crippen LogP) is 1.06. The third-order valence-corrected chi connectivity index (χ3v) is 4.08. The molecule has 0 atom stereocenters. The molecule has 9 heteroatoms. The zero-order valence-electron chi connectivity index (χ0n) is 15.2. The molecule has 1 heterocycles. The van der Waals surface area contributed by atoms with Crippen molar-refractivity contribution < 1.29 is 28.7 Å². The number of carbonyl (C=O) groups is 4. The molecule has 0 spiro atoms. The van der Waals surface area contributed by atoms with Gasteiger partial charge in [0.25, 0.3) is 0 Å². The van der Waals surface area contributed by atoms with Crippen LogP contribution in [0.3, 0.4) is 0 Å². The molecule has 1 aromatic rings. The van der Waals surface area contributed by atoms with E-state index in [1.807, 2.05) is 6.92 Å². The van der Waals surface area contributed by atoms with Crippen LogP contribution < -0.4 is 19.7 Å². The van der Waals surface area contributed by atoms with Gasteiger partial charge in [-0.1, -0.05) is 0 Å². The van der Waals surface area contributed by atoms with Crippen molar-refractivity contribution in [1.82, 2.24) is 10.2 Å². The maximum atomic E-state index is 12.6. The summed E-state index contributed by atoms with van der Waals surface area (Å²) in [7, 11) is 0. The van der Waals surface area contributed by atoms with E-state index in [-0.39, 0.29) is 11.7 Å². The lowest BCUT2D eigenvalue weighted by Gasteiger charge is -2.17. The lowest BCUT2D eigenvalue weighted by molar-refractivity contribution is -0.140. The molecule has 144 valence electrons. The highest BCUT2D eigenvalue weighted by Crippen LogP contribution is 2.34. The van der Waals surface area contributed by atoms with E-state index in [4.69, 9.17) is 9.47 Å². The van der Waals surface area contributed by atoms with E-state index in [1.54, 1.807) is 13.0 Å². The number of ether oxygens (including phenoxy) is 2. The quantitative estimate of drug-likeness (QED) is 0.538. The van der Waals surface area contributed by atoms with Crippen molar-refractivity contribution in [3.63, 3.8) is 0 Å². The number of urea groups is 1. The molecule has 1 aromatic carbocycles. The van der Waals surface area contributed by atoms with Crippen LogP contribution in [0.2, 0.25) is 0 Å². The van der Waals surface area contributed by atoms with Crippen LogP contribution in [-0.4, -0.2) is 54.5 Å². The average Bonchev–Trinajstić information content (AvgIpc) is 3.42. The molecular weight excluding hydrogens is 354 g/mol. The highest BCUT2D eigenvalue weighted by atomic mass is 16.5. The van der Waals surface area contributed by atoms with Gasteiger partial charge in [0.1, 0.15) is 6.54 Å². The Morgan fingerprint density at radius 1 is 1.07 bits per heavy atom. The van der Waals surface area contributed by atoms with Crippen LogP contribution in [0, 0.1) is 0 Å². The lowest BCUT2D eigenvalue weighted by atomic mass is 10.2. The summed E-state index contributed by atoms with van der Waals surface area (Å²) >= 11 is 0. The molecule has 5 amide bonds. The molecule has 2 aliphatic rings. The number of anilines is 1. The fourth-order valence-corrected chi connectivity index (χ4v) is 2.70. The first-order valence-corrected chi connectivity index (χ1v) is 8.85. The maximum absolute atomic E-state index is 12.6. The number of hydrogen-bond donors (Lipinski definition) is 1. The van der Waals surface area contributed by atoms with Gasteiger partial charge in [-0.05, 0) is 38.8 Å². The molecule has 0 unspecified atom stereocenters. The summed E-state index contributed by atoms with van der Waals surface area (Å²) in [6, 6.07) is 3.76. The Bertz CT molecular complexity index is 789. The van der Waals surface area contributed by atoms with Crippen molar-refractivity contribution in [2.75, 3.05) is 24.7 Å². The monoisotopic (exact) mass is 375 g/mol. The summed E-state index contributed by atoms with van der Waals surface area (Å²) in [4.78, 5) is 50.4. The van der Waals surface area contributed by atoms with Crippen molar-refractivity contribution in [1.29, 1.82) is 0 Å². The minimum Gasteiger partial charge on any atom is -0.490 e. The second kappa shape index (κ2) is 7.65. The Labute approximate surface area is 156 Å². The molecule has 1 aliphatic heterocycles. The second-order valence-corrected chi connectivity index (χ2v) is 6.15. The van der Waals surface area contributed by atoms with E-state index < -0.39 is 30.3 Å². The minimum atomic E-state index is -1.03. The van der Waals surface area contributed by atoms with Gasteiger partial charge in [-0.25, -0.2) is 14.6 Å². The molecule has 0 radical (unpaired) electrons. The molecule has 9 nitrogen and oxygen atoms in total. The van der Waals surface area contributed by atoms with Crippen LogP contribution in [0.1, 0.15) is 26.7 Å². The van der Waals surface area contributed by atoms with E-state index >= 15 is 0 Å². The molecule has 1 aliphatic carbocycles. The number of nitrogens with one attached hydrogen (secondary N) is 1. The van der Waals surface area contributed by atoms with Crippen LogP contribution in [0.5, 0.6) is 11.5 Å². The van der Waals surface area contributed by atoms with Gasteiger partial charge in [-0.2, -0.15) is 0 Å². The third kappa shape index (κ3) is 3.86. The molecule has 27 heavy (non-hydrogen) atoms. The number of benzene rings is 1. The topological polar surface area (TPSA) is 105 Å². The van der Waals surface area contributed by atoms with Gasteiger partial charge in [0.2, 0.25) is 5.91 Å². The summed E-state index contributed by atoms with van der Waals surface area (Å²) in [5.74, 6) is -1.68. The Balaban J connectivity index is 1.82. The number of hydrogen-bond acceptors (Lipinski definition) is 6. The van der Waals surface area contributed by atoms with E-state index in [2.05, 4.69) is 5.32 Å². The molecule has 1 saturated heterocycles. The first kappa shape index (κ1) is 18.7. The molecular formula is C18H21N3O6. The summed E-state index contributed by atoms with van der Waals surface area (Å²) in [5.41, 5.74) is 0.176. The third-order valence-electron chi connectivity index (χ3n) is 4.08. The summed E-state index contributed by atoms with van der Waals surface area (Å²) in [6.45, 7) is 3.91. The second-order valence-electron chi connectivity index (χ2n) is 6.15.